The van der Waals surface area contributed by atoms with Gasteiger partial charge in [0.1, 0.15) is 5.82 Å². The van der Waals surface area contributed by atoms with Crippen LogP contribution in [-0.4, -0.2) is 50.7 Å². The molecule has 0 radical (unpaired) electrons. The van der Waals surface area contributed by atoms with Gasteiger partial charge in [0.15, 0.2) is 10.9 Å². The van der Waals surface area contributed by atoms with Crippen molar-refractivity contribution < 1.29 is 0 Å². The molecule has 0 aliphatic carbocycles. The molecule has 1 aliphatic rings. The molecule has 0 amide bonds. The summed E-state index contributed by atoms with van der Waals surface area (Å²) in [5, 5.41) is 9.58. The van der Waals surface area contributed by atoms with Crippen molar-refractivity contribution in [2.45, 2.75) is 13.8 Å². The van der Waals surface area contributed by atoms with E-state index in [0.29, 0.717) is 0 Å². The predicted octanol–water partition coefficient (Wildman–Crippen LogP) is 2.68. The van der Waals surface area contributed by atoms with E-state index in [2.05, 4.69) is 50.1 Å². The molecule has 0 bridgehead atoms. The molecule has 3 aromatic heterocycles. The maximum Gasteiger partial charge on any atom is 0.203 e. The molecule has 7 nitrogen and oxygen atoms in total. The molecule has 1 aliphatic heterocycles. The van der Waals surface area contributed by atoms with Gasteiger partial charge in [-0.1, -0.05) is 23.5 Å². The third-order valence-electron chi connectivity index (χ3n) is 4.94. The monoisotopic (exact) mass is 365 g/mol. The molecule has 1 saturated heterocycles. The Morgan fingerprint density at radius 3 is 2.62 bits per heavy atom. The number of hydrogen-bond donors (Lipinski definition) is 0. The van der Waals surface area contributed by atoms with Crippen LogP contribution < -0.4 is 9.80 Å². The number of nitrogens with zero attached hydrogens (tertiary/aromatic N) is 7. The van der Waals surface area contributed by atoms with Crippen LogP contribution in [0.15, 0.2) is 30.6 Å². The molecule has 5 rings (SSSR count). The second-order valence-corrected chi connectivity index (χ2v) is 7.59. The first-order chi connectivity index (χ1) is 12.7. The summed E-state index contributed by atoms with van der Waals surface area (Å²) in [4.78, 5) is 14.1. The van der Waals surface area contributed by atoms with Crippen LogP contribution in [0.4, 0.5) is 10.9 Å². The van der Waals surface area contributed by atoms with Gasteiger partial charge in [0.25, 0.3) is 0 Å². The molecular formula is C18H19N7S. The van der Waals surface area contributed by atoms with Gasteiger partial charge in [-0.25, -0.2) is 9.97 Å². The van der Waals surface area contributed by atoms with Gasteiger partial charge in [0.05, 0.1) is 10.2 Å². The van der Waals surface area contributed by atoms with E-state index in [9.17, 15) is 0 Å². The number of fused-ring (bicyclic) bond motifs is 2. The Hall–Kier alpha value is -2.74. The average molecular weight is 365 g/mol. The maximum atomic E-state index is 4.87. The standard InChI is InChI=1S/C18H19N7S/c1-12-4-3-5-14-15(12)20-18(26-14)24-10-8-23(9-11-24)16-17-22-21-13(2)25(17)7-6-19-16/h3-7H,8-11H2,1-2H3. The zero-order valence-corrected chi connectivity index (χ0v) is 15.6. The Labute approximate surface area is 154 Å². The normalized spacial score (nSPS) is 15.3. The van der Waals surface area contributed by atoms with Crippen molar-refractivity contribution in [3.8, 4) is 0 Å². The maximum absolute atomic E-state index is 4.87. The van der Waals surface area contributed by atoms with Crippen molar-refractivity contribution in [2.75, 3.05) is 36.0 Å². The highest BCUT2D eigenvalue weighted by Crippen LogP contribution is 2.31. The van der Waals surface area contributed by atoms with Crippen LogP contribution in [-0.2, 0) is 0 Å². The van der Waals surface area contributed by atoms with E-state index in [-0.39, 0.29) is 0 Å². The number of aryl methyl sites for hydroxylation is 2. The molecule has 8 heteroatoms. The fraction of sp³-hybridized carbons (Fsp3) is 0.333. The Balaban J connectivity index is 1.39. The quantitative estimate of drug-likeness (QED) is 0.544. The first kappa shape index (κ1) is 15.5. The topological polar surface area (TPSA) is 62.5 Å². The smallest absolute Gasteiger partial charge is 0.203 e. The van der Waals surface area contributed by atoms with Gasteiger partial charge >= 0.3 is 0 Å². The number of hydrogen-bond acceptors (Lipinski definition) is 7. The highest BCUT2D eigenvalue weighted by molar-refractivity contribution is 7.22. The molecule has 132 valence electrons. The number of rotatable bonds is 2. The van der Waals surface area contributed by atoms with Gasteiger partial charge in [-0.2, -0.15) is 0 Å². The minimum absolute atomic E-state index is 0.828. The molecule has 0 N–H and O–H groups in total. The van der Waals surface area contributed by atoms with E-state index < -0.39 is 0 Å². The van der Waals surface area contributed by atoms with Gasteiger partial charge < -0.3 is 9.80 Å². The van der Waals surface area contributed by atoms with Gasteiger partial charge in [-0.3, -0.25) is 4.40 Å². The lowest BCUT2D eigenvalue weighted by Gasteiger charge is -2.35. The molecule has 1 fully saturated rings. The third kappa shape index (κ3) is 2.40. The van der Waals surface area contributed by atoms with E-state index in [1.54, 1.807) is 11.3 Å². The van der Waals surface area contributed by atoms with Crippen molar-refractivity contribution in [1.29, 1.82) is 0 Å². The number of aromatic nitrogens is 5. The first-order valence-corrected chi connectivity index (χ1v) is 9.55. The van der Waals surface area contributed by atoms with Gasteiger partial charge in [-0.05, 0) is 25.5 Å². The van der Waals surface area contributed by atoms with Crippen molar-refractivity contribution in [3.63, 3.8) is 0 Å². The Kier molecular flexibility index (Phi) is 3.53. The number of benzene rings is 1. The largest absolute Gasteiger partial charge is 0.350 e. The molecule has 1 aromatic carbocycles. The zero-order chi connectivity index (χ0) is 17.7. The van der Waals surface area contributed by atoms with Crippen LogP contribution in [0.2, 0.25) is 0 Å². The van der Waals surface area contributed by atoms with Crippen LogP contribution in [0.1, 0.15) is 11.4 Å². The second kappa shape index (κ2) is 5.91. The fourth-order valence-electron chi connectivity index (χ4n) is 3.47. The summed E-state index contributed by atoms with van der Waals surface area (Å²) < 4.78 is 3.25. The molecule has 0 unspecified atom stereocenters. The summed E-state index contributed by atoms with van der Waals surface area (Å²) in [6, 6.07) is 6.37. The summed E-state index contributed by atoms with van der Waals surface area (Å²) in [6.07, 6.45) is 3.73. The second-order valence-electron chi connectivity index (χ2n) is 6.58. The Morgan fingerprint density at radius 1 is 1.00 bits per heavy atom. The van der Waals surface area contributed by atoms with Gasteiger partial charge in [-0.15, -0.1) is 10.2 Å². The first-order valence-electron chi connectivity index (χ1n) is 8.73. The average Bonchev–Trinajstić information content (AvgIpc) is 3.27. The number of anilines is 2. The fourth-order valence-corrected chi connectivity index (χ4v) is 4.57. The zero-order valence-electron chi connectivity index (χ0n) is 14.8. The van der Waals surface area contributed by atoms with Crippen molar-refractivity contribution in [1.82, 2.24) is 24.6 Å². The summed E-state index contributed by atoms with van der Waals surface area (Å²) in [6.45, 7) is 7.72. The SMILES string of the molecule is Cc1cccc2sc(N3CCN(c4nccn5c(C)nnc45)CC3)nc12. The molecule has 26 heavy (non-hydrogen) atoms. The van der Waals surface area contributed by atoms with Crippen LogP contribution in [0, 0.1) is 13.8 Å². The lowest BCUT2D eigenvalue weighted by Crippen LogP contribution is -2.47. The summed E-state index contributed by atoms with van der Waals surface area (Å²) >= 11 is 1.78. The van der Waals surface area contributed by atoms with E-state index in [4.69, 9.17) is 4.98 Å². The van der Waals surface area contributed by atoms with Crippen molar-refractivity contribution in [2.24, 2.45) is 0 Å². The van der Waals surface area contributed by atoms with E-state index in [1.165, 1.54) is 10.3 Å². The van der Waals surface area contributed by atoms with Crippen LogP contribution >= 0.6 is 11.3 Å². The van der Waals surface area contributed by atoms with Crippen LogP contribution in [0.5, 0.6) is 0 Å². The molecule has 0 saturated carbocycles. The molecule has 4 aromatic rings. The molecule has 4 heterocycles. The predicted molar refractivity (Wildman–Crippen MR) is 104 cm³/mol. The molecule has 0 spiro atoms. The minimum atomic E-state index is 0.828. The number of piperazine rings is 1. The van der Waals surface area contributed by atoms with E-state index in [1.807, 2.05) is 23.7 Å². The van der Waals surface area contributed by atoms with E-state index in [0.717, 1.165) is 54.1 Å². The van der Waals surface area contributed by atoms with Crippen molar-refractivity contribution in [3.05, 3.63) is 42.0 Å². The molecular weight excluding hydrogens is 346 g/mol. The van der Waals surface area contributed by atoms with Crippen LogP contribution in [0.3, 0.4) is 0 Å². The van der Waals surface area contributed by atoms with Crippen LogP contribution in [0.25, 0.3) is 15.9 Å². The lowest BCUT2D eigenvalue weighted by atomic mass is 10.2. The lowest BCUT2D eigenvalue weighted by molar-refractivity contribution is 0.646. The van der Waals surface area contributed by atoms with E-state index >= 15 is 0 Å². The summed E-state index contributed by atoms with van der Waals surface area (Å²) in [5.74, 6) is 1.79. The minimum Gasteiger partial charge on any atom is -0.350 e. The van der Waals surface area contributed by atoms with Gasteiger partial charge in [0.2, 0.25) is 5.65 Å². The highest BCUT2D eigenvalue weighted by Gasteiger charge is 2.23. The third-order valence-corrected chi connectivity index (χ3v) is 6.02. The number of para-hydroxylation sites is 1. The molecule has 0 atom stereocenters. The Morgan fingerprint density at radius 2 is 1.81 bits per heavy atom. The Bertz CT molecular complexity index is 1090. The summed E-state index contributed by atoms with van der Waals surface area (Å²) in [7, 11) is 0. The number of thiazole rings is 1. The van der Waals surface area contributed by atoms with Crippen molar-refractivity contribution >= 4 is 38.2 Å². The summed E-state index contributed by atoms with van der Waals surface area (Å²) in [5.41, 5.74) is 3.19. The highest BCUT2D eigenvalue weighted by atomic mass is 32.1. The van der Waals surface area contributed by atoms with Gasteiger partial charge in [0, 0.05) is 38.6 Å².